The summed E-state index contributed by atoms with van der Waals surface area (Å²) in [7, 11) is 0. The molecule has 0 spiro atoms. The lowest BCUT2D eigenvalue weighted by atomic mass is 10.2. The van der Waals surface area contributed by atoms with Crippen LogP contribution < -0.4 is 10.6 Å². The van der Waals surface area contributed by atoms with Crippen molar-refractivity contribution in [2.45, 2.75) is 13.0 Å². The smallest absolute Gasteiger partial charge is 0.269 e. The van der Waals surface area contributed by atoms with Crippen LogP contribution in [0.2, 0.25) is 5.02 Å². The van der Waals surface area contributed by atoms with Crippen molar-refractivity contribution in [1.29, 1.82) is 0 Å². The molecule has 2 aromatic carbocycles. The zero-order chi connectivity index (χ0) is 18.2. The topological polar surface area (TPSA) is 101 Å². The largest absolute Gasteiger partial charge is 0.352 e. The van der Waals surface area contributed by atoms with E-state index in [0.717, 1.165) is 5.56 Å². The molecule has 0 aliphatic carbocycles. The summed E-state index contributed by atoms with van der Waals surface area (Å²) in [5, 5.41) is 16.5. The van der Waals surface area contributed by atoms with E-state index in [1.807, 2.05) is 12.1 Å². The summed E-state index contributed by atoms with van der Waals surface area (Å²) in [6.07, 6.45) is 0.131. The van der Waals surface area contributed by atoms with Crippen LogP contribution in [0.25, 0.3) is 0 Å². The molecule has 0 fully saturated rings. The first kappa shape index (κ1) is 18.4. The molecule has 0 bridgehead atoms. The number of nitrogens with zero attached hydrogens (tertiary/aromatic N) is 1. The van der Waals surface area contributed by atoms with Crippen LogP contribution in [0.5, 0.6) is 0 Å². The Morgan fingerprint density at radius 2 is 1.64 bits per heavy atom. The van der Waals surface area contributed by atoms with Gasteiger partial charge < -0.3 is 10.6 Å². The van der Waals surface area contributed by atoms with E-state index < -0.39 is 4.92 Å². The van der Waals surface area contributed by atoms with Gasteiger partial charge in [-0.3, -0.25) is 19.7 Å². The predicted molar refractivity (Wildman–Crippen MR) is 93.3 cm³/mol. The molecular formula is C17H16ClN3O4. The molecule has 2 amide bonds. The van der Waals surface area contributed by atoms with E-state index in [1.54, 1.807) is 12.1 Å². The third-order valence-electron chi connectivity index (χ3n) is 3.38. The van der Waals surface area contributed by atoms with Crippen molar-refractivity contribution in [2.24, 2.45) is 0 Å². The second-order valence-electron chi connectivity index (χ2n) is 5.21. The van der Waals surface area contributed by atoms with E-state index >= 15 is 0 Å². The number of nitro groups is 1. The highest BCUT2D eigenvalue weighted by Gasteiger charge is 2.09. The Labute approximate surface area is 149 Å². The average molecular weight is 362 g/mol. The molecule has 8 heteroatoms. The molecular weight excluding hydrogens is 346 g/mol. The van der Waals surface area contributed by atoms with Gasteiger partial charge in [0.1, 0.15) is 0 Å². The first-order valence-electron chi connectivity index (χ1n) is 7.49. The van der Waals surface area contributed by atoms with E-state index in [9.17, 15) is 19.7 Å². The van der Waals surface area contributed by atoms with Crippen LogP contribution in [0.1, 0.15) is 22.3 Å². The highest BCUT2D eigenvalue weighted by molar-refractivity contribution is 6.30. The van der Waals surface area contributed by atoms with Gasteiger partial charge in [0.15, 0.2) is 0 Å². The number of benzene rings is 2. The Bertz CT molecular complexity index is 760. The van der Waals surface area contributed by atoms with E-state index in [-0.39, 0.29) is 30.5 Å². The predicted octanol–water partition coefficient (Wildman–Crippen LogP) is 2.68. The summed E-state index contributed by atoms with van der Waals surface area (Å²) in [6, 6.07) is 12.4. The second kappa shape index (κ2) is 8.79. The maximum absolute atomic E-state index is 11.9. The Balaban J connectivity index is 1.72. The minimum atomic E-state index is -0.535. The van der Waals surface area contributed by atoms with Gasteiger partial charge in [-0.1, -0.05) is 23.7 Å². The normalized spacial score (nSPS) is 10.1. The molecule has 25 heavy (non-hydrogen) atoms. The lowest BCUT2D eigenvalue weighted by Gasteiger charge is -2.07. The maximum Gasteiger partial charge on any atom is 0.269 e. The van der Waals surface area contributed by atoms with Crippen LogP contribution in [0.3, 0.4) is 0 Å². The minimum absolute atomic E-state index is 0.0851. The van der Waals surface area contributed by atoms with Crippen LogP contribution in [-0.4, -0.2) is 23.3 Å². The lowest BCUT2D eigenvalue weighted by molar-refractivity contribution is -0.384. The zero-order valence-electron chi connectivity index (χ0n) is 13.2. The van der Waals surface area contributed by atoms with Gasteiger partial charge in [-0.25, -0.2) is 0 Å². The minimum Gasteiger partial charge on any atom is -0.352 e. The molecule has 2 N–H and O–H groups in total. The molecule has 0 heterocycles. The first-order valence-corrected chi connectivity index (χ1v) is 7.87. The van der Waals surface area contributed by atoms with Crippen molar-refractivity contribution in [3.05, 3.63) is 74.8 Å². The van der Waals surface area contributed by atoms with Crippen LogP contribution >= 0.6 is 11.6 Å². The van der Waals surface area contributed by atoms with Crippen molar-refractivity contribution >= 4 is 29.1 Å². The number of amides is 2. The molecule has 0 aliphatic rings. The number of hydrogen-bond acceptors (Lipinski definition) is 4. The molecule has 7 nitrogen and oxygen atoms in total. The monoisotopic (exact) mass is 361 g/mol. The first-order chi connectivity index (χ1) is 12.0. The molecule has 0 saturated carbocycles. The molecule has 0 saturated heterocycles. The highest BCUT2D eigenvalue weighted by Crippen LogP contribution is 2.12. The number of nitrogens with one attached hydrogen (secondary N) is 2. The van der Waals surface area contributed by atoms with Gasteiger partial charge in [0.2, 0.25) is 5.91 Å². The van der Waals surface area contributed by atoms with Gasteiger partial charge >= 0.3 is 0 Å². The zero-order valence-corrected chi connectivity index (χ0v) is 14.0. The van der Waals surface area contributed by atoms with Crippen molar-refractivity contribution < 1.29 is 14.5 Å². The summed E-state index contributed by atoms with van der Waals surface area (Å²) in [5.41, 5.74) is 1.14. The molecule has 2 aromatic rings. The summed E-state index contributed by atoms with van der Waals surface area (Å²) >= 11 is 5.79. The van der Waals surface area contributed by atoms with Gasteiger partial charge in [0.25, 0.3) is 11.6 Å². The summed E-state index contributed by atoms with van der Waals surface area (Å²) in [6.45, 7) is 0.550. The third kappa shape index (κ3) is 5.89. The highest BCUT2D eigenvalue weighted by atomic mass is 35.5. The number of non-ortho nitro benzene ring substituents is 1. The molecule has 130 valence electrons. The number of hydrogen-bond donors (Lipinski definition) is 2. The van der Waals surface area contributed by atoms with Crippen molar-refractivity contribution in [1.82, 2.24) is 10.6 Å². The fourth-order valence-corrected chi connectivity index (χ4v) is 2.14. The van der Waals surface area contributed by atoms with E-state index in [4.69, 9.17) is 11.6 Å². The van der Waals surface area contributed by atoms with Gasteiger partial charge in [-0.05, 0) is 29.8 Å². The number of carbonyl (C=O) groups is 2. The molecule has 0 unspecified atom stereocenters. The summed E-state index contributed by atoms with van der Waals surface area (Å²) in [4.78, 5) is 33.7. The van der Waals surface area contributed by atoms with Crippen LogP contribution in [0, 0.1) is 10.1 Å². The van der Waals surface area contributed by atoms with Crippen molar-refractivity contribution in [3.8, 4) is 0 Å². The summed E-state index contributed by atoms with van der Waals surface area (Å²) in [5.74, 6) is -0.584. The molecule has 0 radical (unpaired) electrons. The van der Waals surface area contributed by atoms with Crippen molar-refractivity contribution in [3.63, 3.8) is 0 Å². The Morgan fingerprint density at radius 3 is 2.24 bits per heavy atom. The number of carbonyl (C=O) groups excluding carboxylic acids is 2. The molecule has 2 rings (SSSR count). The third-order valence-corrected chi connectivity index (χ3v) is 3.63. The summed E-state index contributed by atoms with van der Waals surface area (Å²) < 4.78 is 0. The van der Waals surface area contributed by atoms with Gasteiger partial charge in [-0.2, -0.15) is 0 Å². The molecule has 0 aliphatic heterocycles. The van der Waals surface area contributed by atoms with Crippen LogP contribution in [0.15, 0.2) is 48.5 Å². The SMILES string of the molecule is O=C(CCNC(=O)c1ccc([N+](=O)[O-])cc1)NCc1ccc(Cl)cc1. The number of nitro benzene ring substituents is 1. The lowest BCUT2D eigenvalue weighted by Crippen LogP contribution is -2.30. The van der Waals surface area contributed by atoms with Crippen LogP contribution in [0.4, 0.5) is 5.69 Å². The second-order valence-corrected chi connectivity index (χ2v) is 5.65. The number of rotatable bonds is 7. The van der Waals surface area contributed by atoms with E-state index in [0.29, 0.717) is 17.1 Å². The van der Waals surface area contributed by atoms with Gasteiger partial charge in [0, 0.05) is 42.2 Å². The Hall–Kier alpha value is -2.93. The molecule has 0 aromatic heterocycles. The maximum atomic E-state index is 11.9. The fraction of sp³-hybridized carbons (Fsp3) is 0.176. The standard InChI is InChI=1S/C17H16ClN3O4/c18-14-5-1-12(2-6-14)11-20-16(22)9-10-19-17(23)13-3-7-15(8-4-13)21(24)25/h1-8H,9-11H2,(H,19,23)(H,20,22). The van der Waals surface area contributed by atoms with Gasteiger partial charge in [0.05, 0.1) is 4.92 Å². The van der Waals surface area contributed by atoms with Crippen molar-refractivity contribution in [2.75, 3.05) is 6.54 Å². The fourth-order valence-electron chi connectivity index (χ4n) is 2.02. The average Bonchev–Trinajstić information content (AvgIpc) is 2.61. The number of halogens is 1. The van der Waals surface area contributed by atoms with Crippen LogP contribution in [-0.2, 0) is 11.3 Å². The quantitative estimate of drug-likeness (QED) is 0.584. The Kier molecular flexibility index (Phi) is 6.47. The Morgan fingerprint density at radius 1 is 1.00 bits per heavy atom. The van der Waals surface area contributed by atoms with Gasteiger partial charge in [-0.15, -0.1) is 0 Å². The van der Waals surface area contributed by atoms with E-state index in [2.05, 4.69) is 10.6 Å². The van der Waals surface area contributed by atoms with E-state index in [1.165, 1.54) is 24.3 Å². The molecule has 0 atom stereocenters.